The fraction of sp³-hybridized carbons (Fsp3) is 0.773. The first kappa shape index (κ1) is 22.9. The average molecular weight is 337 g/mol. The number of unbranched alkanes of at least 4 members (excludes halogenated alkanes) is 13. The van der Waals surface area contributed by atoms with Crippen LogP contribution in [-0.2, 0) is 9.53 Å². The number of esters is 1. The Labute approximate surface area is 150 Å². The zero-order valence-electron chi connectivity index (χ0n) is 16.2. The van der Waals surface area contributed by atoms with Gasteiger partial charge in [-0.2, -0.15) is 0 Å². The Hall–Kier alpha value is -1.05. The molecular weight excluding hydrogens is 296 g/mol. The predicted octanol–water partition coefficient (Wildman–Crippen LogP) is 7.35. The smallest absolute Gasteiger partial charge is 0.317 e. The van der Waals surface area contributed by atoms with E-state index in [1.165, 1.54) is 89.7 Å². The molecule has 0 aliphatic carbocycles. The van der Waals surface area contributed by atoms with Gasteiger partial charge in [-0.3, -0.25) is 4.79 Å². The molecule has 0 bridgehead atoms. The van der Waals surface area contributed by atoms with Gasteiger partial charge in [0.15, 0.2) is 0 Å². The van der Waals surface area contributed by atoms with E-state index in [1.807, 2.05) is 13.0 Å². The molecule has 0 aromatic carbocycles. The second-order valence-corrected chi connectivity index (χ2v) is 6.85. The zero-order chi connectivity index (χ0) is 17.9. The van der Waals surface area contributed by atoms with Crippen molar-refractivity contribution in [3.8, 4) is 0 Å². The lowest BCUT2D eigenvalue weighted by Gasteiger charge is -2.03. The van der Waals surface area contributed by atoms with Crippen molar-refractivity contribution >= 4 is 5.97 Å². The third-order valence-corrected chi connectivity index (χ3v) is 4.47. The molecule has 0 N–H and O–H groups in total. The zero-order valence-corrected chi connectivity index (χ0v) is 16.2. The Bertz CT molecular complexity index is 320. The van der Waals surface area contributed by atoms with E-state index in [9.17, 15) is 4.79 Å². The maximum Gasteiger partial charge on any atom is 0.317 e. The van der Waals surface area contributed by atoms with Gasteiger partial charge >= 0.3 is 5.97 Å². The van der Waals surface area contributed by atoms with Crippen LogP contribution in [-0.4, -0.2) is 5.97 Å². The fourth-order valence-electron chi connectivity index (χ4n) is 2.85. The molecule has 0 saturated heterocycles. The Morgan fingerprint density at radius 1 is 0.875 bits per heavy atom. The number of carbonyl (C=O) groups is 1. The van der Waals surface area contributed by atoms with Crippen molar-refractivity contribution in [2.45, 2.75) is 104 Å². The third kappa shape index (κ3) is 15.8. The Morgan fingerprint density at radius 2 is 1.33 bits per heavy atom. The SMILES string of the molecule is C=COC(=O)C(C)C=CCCCCCCCCCCCCCCC. The van der Waals surface area contributed by atoms with Crippen molar-refractivity contribution < 1.29 is 9.53 Å². The first-order valence-electron chi connectivity index (χ1n) is 10.2. The second kappa shape index (κ2) is 18.3. The van der Waals surface area contributed by atoms with Crippen LogP contribution in [0.4, 0.5) is 0 Å². The lowest BCUT2D eigenvalue weighted by atomic mass is 10.0. The summed E-state index contributed by atoms with van der Waals surface area (Å²) in [7, 11) is 0. The minimum absolute atomic E-state index is 0.176. The van der Waals surface area contributed by atoms with Crippen LogP contribution >= 0.6 is 0 Å². The minimum Gasteiger partial charge on any atom is -0.435 e. The highest BCUT2D eigenvalue weighted by molar-refractivity contribution is 5.74. The van der Waals surface area contributed by atoms with Crippen molar-refractivity contribution in [3.63, 3.8) is 0 Å². The molecule has 0 spiro atoms. The van der Waals surface area contributed by atoms with Crippen LogP contribution in [0.5, 0.6) is 0 Å². The molecule has 140 valence electrons. The molecule has 0 amide bonds. The van der Waals surface area contributed by atoms with Crippen molar-refractivity contribution in [1.29, 1.82) is 0 Å². The summed E-state index contributed by atoms with van der Waals surface area (Å²) in [5.74, 6) is -0.406. The quantitative estimate of drug-likeness (QED) is 0.120. The van der Waals surface area contributed by atoms with Gasteiger partial charge in [0.2, 0.25) is 0 Å². The van der Waals surface area contributed by atoms with Gasteiger partial charge in [-0.05, 0) is 19.8 Å². The van der Waals surface area contributed by atoms with Crippen LogP contribution < -0.4 is 0 Å². The number of rotatable bonds is 17. The van der Waals surface area contributed by atoms with Gasteiger partial charge in [-0.1, -0.05) is 103 Å². The molecule has 24 heavy (non-hydrogen) atoms. The molecule has 1 atom stereocenters. The summed E-state index contributed by atoms with van der Waals surface area (Å²) in [4.78, 5) is 11.4. The van der Waals surface area contributed by atoms with Gasteiger partial charge < -0.3 is 4.74 Å². The Kier molecular flexibility index (Phi) is 17.5. The van der Waals surface area contributed by atoms with Crippen LogP contribution in [0.1, 0.15) is 104 Å². The van der Waals surface area contributed by atoms with E-state index in [1.54, 1.807) is 0 Å². The van der Waals surface area contributed by atoms with Crippen molar-refractivity contribution in [1.82, 2.24) is 0 Å². The fourth-order valence-corrected chi connectivity index (χ4v) is 2.85. The molecule has 0 radical (unpaired) electrons. The molecule has 0 rings (SSSR count). The highest BCUT2D eigenvalue weighted by Crippen LogP contribution is 2.13. The van der Waals surface area contributed by atoms with Gasteiger partial charge in [0.05, 0.1) is 12.2 Å². The molecule has 0 aromatic heterocycles. The highest BCUT2D eigenvalue weighted by atomic mass is 16.5. The Morgan fingerprint density at radius 3 is 1.79 bits per heavy atom. The van der Waals surface area contributed by atoms with Gasteiger partial charge in [-0.15, -0.1) is 0 Å². The van der Waals surface area contributed by atoms with E-state index in [4.69, 9.17) is 4.74 Å². The maximum absolute atomic E-state index is 11.4. The summed E-state index contributed by atoms with van der Waals surface area (Å²) >= 11 is 0. The monoisotopic (exact) mass is 336 g/mol. The number of hydrogen-bond acceptors (Lipinski definition) is 2. The van der Waals surface area contributed by atoms with Gasteiger partial charge in [0.1, 0.15) is 0 Å². The van der Waals surface area contributed by atoms with Crippen LogP contribution in [0.3, 0.4) is 0 Å². The van der Waals surface area contributed by atoms with Gasteiger partial charge in [-0.25, -0.2) is 0 Å². The van der Waals surface area contributed by atoms with E-state index in [0.717, 1.165) is 6.42 Å². The van der Waals surface area contributed by atoms with E-state index in [-0.39, 0.29) is 11.9 Å². The Balaban J connectivity index is 3.25. The molecule has 0 heterocycles. The summed E-state index contributed by atoms with van der Waals surface area (Å²) in [6.45, 7) is 7.52. The van der Waals surface area contributed by atoms with E-state index >= 15 is 0 Å². The first-order chi connectivity index (χ1) is 11.7. The molecule has 0 aliphatic heterocycles. The van der Waals surface area contributed by atoms with Crippen LogP contribution in [0.25, 0.3) is 0 Å². The topological polar surface area (TPSA) is 26.3 Å². The van der Waals surface area contributed by atoms with E-state index in [0.29, 0.717) is 0 Å². The van der Waals surface area contributed by atoms with E-state index < -0.39 is 0 Å². The van der Waals surface area contributed by atoms with Crippen molar-refractivity contribution in [3.05, 3.63) is 25.0 Å². The van der Waals surface area contributed by atoms with Crippen molar-refractivity contribution in [2.75, 3.05) is 0 Å². The van der Waals surface area contributed by atoms with Gasteiger partial charge in [0.25, 0.3) is 0 Å². The molecule has 1 unspecified atom stereocenters. The molecule has 0 saturated carbocycles. The standard InChI is InChI=1S/C22H40O2/c1-4-6-7-8-9-10-11-12-13-14-15-16-17-18-19-20-21(3)22(23)24-5-2/h5,19-21H,2,4,6-18H2,1,3H3. The summed E-state index contributed by atoms with van der Waals surface area (Å²) in [5, 5.41) is 0. The van der Waals surface area contributed by atoms with Crippen molar-refractivity contribution in [2.24, 2.45) is 5.92 Å². The number of hydrogen-bond donors (Lipinski definition) is 0. The maximum atomic E-state index is 11.4. The van der Waals surface area contributed by atoms with Crippen LogP contribution in [0, 0.1) is 5.92 Å². The van der Waals surface area contributed by atoms with Crippen LogP contribution in [0.15, 0.2) is 25.0 Å². The molecular formula is C22H40O2. The summed E-state index contributed by atoms with van der Waals surface area (Å²) in [5.41, 5.74) is 0. The van der Waals surface area contributed by atoms with Crippen LogP contribution in [0.2, 0.25) is 0 Å². The average Bonchev–Trinajstić information content (AvgIpc) is 2.58. The van der Waals surface area contributed by atoms with Gasteiger partial charge in [0, 0.05) is 0 Å². The largest absolute Gasteiger partial charge is 0.435 e. The molecule has 2 nitrogen and oxygen atoms in total. The molecule has 0 aliphatic rings. The highest BCUT2D eigenvalue weighted by Gasteiger charge is 2.08. The molecule has 2 heteroatoms. The number of ether oxygens (including phenoxy) is 1. The molecule has 0 fully saturated rings. The third-order valence-electron chi connectivity index (χ3n) is 4.47. The normalized spacial score (nSPS) is 12.4. The number of carbonyl (C=O) groups excluding carboxylic acids is 1. The van der Waals surface area contributed by atoms with E-state index in [2.05, 4.69) is 19.6 Å². The minimum atomic E-state index is -0.230. The number of allylic oxidation sites excluding steroid dienone is 1. The summed E-state index contributed by atoms with van der Waals surface area (Å²) < 4.78 is 4.75. The second-order valence-electron chi connectivity index (χ2n) is 6.85. The summed E-state index contributed by atoms with van der Waals surface area (Å²) in [6.07, 6.45) is 24.3. The first-order valence-corrected chi connectivity index (χ1v) is 10.2. The molecule has 0 aromatic rings. The summed E-state index contributed by atoms with van der Waals surface area (Å²) in [6, 6.07) is 0. The lowest BCUT2D eigenvalue weighted by molar-refractivity contribution is -0.140. The lowest BCUT2D eigenvalue weighted by Crippen LogP contribution is -2.09. The predicted molar refractivity (Wildman–Crippen MR) is 105 cm³/mol.